The van der Waals surface area contributed by atoms with Crippen LogP contribution in [-0.2, 0) is 17.8 Å². The van der Waals surface area contributed by atoms with E-state index < -0.39 is 17.2 Å². The molecule has 150 valence electrons. The summed E-state index contributed by atoms with van der Waals surface area (Å²) in [5, 5.41) is 0. The molecule has 3 aromatic heterocycles. The molecule has 0 aliphatic rings. The summed E-state index contributed by atoms with van der Waals surface area (Å²) in [6.07, 6.45) is 4.77. The zero-order valence-corrected chi connectivity index (χ0v) is 16.2. The maximum Gasteiger partial charge on any atom is 0.337 e. The fourth-order valence-corrected chi connectivity index (χ4v) is 3.26. The number of esters is 1. The Labute approximate surface area is 171 Å². The summed E-state index contributed by atoms with van der Waals surface area (Å²) in [4.78, 5) is 46.1. The number of hydrogen-bond acceptors (Lipinski definition) is 6. The van der Waals surface area contributed by atoms with Crippen LogP contribution >= 0.6 is 0 Å². The van der Waals surface area contributed by atoms with E-state index in [9.17, 15) is 14.4 Å². The summed E-state index contributed by atoms with van der Waals surface area (Å²) in [5.41, 5.74) is 1.72. The number of hydrogen-bond donors (Lipinski definition) is 0. The number of rotatable bonds is 5. The van der Waals surface area contributed by atoms with Crippen molar-refractivity contribution in [3.05, 3.63) is 105 Å². The van der Waals surface area contributed by atoms with Crippen molar-refractivity contribution >= 4 is 17.0 Å². The van der Waals surface area contributed by atoms with Crippen LogP contribution < -0.4 is 11.2 Å². The van der Waals surface area contributed by atoms with Crippen LogP contribution in [0.3, 0.4) is 0 Å². The molecule has 0 fully saturated rings. The Morgan fingerprint density at radius 3 is 2.37 bits per heavy atom. The van der Waals surface area contributed by atoms with Crippen molar-refractivity contribution < 1.29 is 9.53 Å². The van der Waals surface area contributed by atoms with Crippen LogP contribution in [0, 0.1) is 0 Å². The van der Waals surface area contributed by atoms with Crippen molar-refractivity contribution in [1.29, 1.82) is 0 Å². The lowest BCUT2D eigenvalue weighted by molar-refractivity contribution is 0.0600. The molecule has 8 heteroatoms. The number of aromatic nitrogens is 4. The summed E-state index contributed by atoms with van der Waals surface area (Å²) < 4.78 is 7.38. The maximum absolute atomic E-state index is 13.2. The Kier molecular flexibility index (Phi) is 5.21. The van der Waals surface area contributed by atoms with Gasteiger partial charge in [-0.2, -0.15) is 0 Å². The molecule has 0 atom stereocenters. The summed E-state index contributed by atoms with van der Waals surface area (Å²) in [5.74, 6) is -0.432. The van der Waals surface area contributed by atoms with E-state index in [1.165, 1.54) is 17.9 Å². The van der Waals surface area contributed by atoms with Gasteiger partial charge in [0.25, 0.3) is 5.56 Å². The van der Waals surface area contributed by atoms with Gasteiger partial charge in [0.1, 0.15) is 0 Å². The zero-order valence-electron chi connectivity index (χ0n) is 16.2. The van der Waals surface area contributed by atoms with Crippen molar-refractivity contribution in [2.45, 2.75) is 13.1 Å². The average Bonchev–Trinajstić information content (AvgIpc) is 2.80. The SMILES string of the molecule is COC(=O)c1ccc(Cn2c(=O)n(Cc3cccnc3)c(=O)c3ncccc32)cc1. The standard InChI is InChI=1S/C22H18N4O4/c1-30-21(28)17-8-6-15(7-9-17)13-25-18-5-3-11-24-19(18)20(27)26(22(25)29)14-16-4-2-10-23-12-16/h2-12H,13-14H2,1H3. The normalized spacial score (nSPS) is 10.8. The number of methoxy groups -OCH3 is 1. The van der Waals surface area contributed by atoms with E-state index in [0.29, 0.717) is 11.1 Å². The Morgan fingerprint density at radius 2 is 1.67 bits per heavy atom. The van der Waals surface area contributed by atoms with Gasteiger partial charge >= 0.3 is 11.7 Å². The molecule has 4 rings (SSSR count). The minimum Gasteiger partial charge on any atom is -0.465 e. The molecule has 8 nitrogen and oxygen atoms in total. The number of carbonyl (C=O) groups excluding carboxylic acids is 1. The van der Waals surface area contributed by atoms with Crippen molar-refractivity contribution in [3.63, 3.8) is 0 Å². The van der Waals surface area contributed by atoms with E-state index in [0.717, 1.165) is 15.7 Å². The molecule has 0 amide bonds. The zero-order chi connectivity index (χ0) is 21.1. The first-order valence-corrected chi connectivity index (χ1v) is 9.23. The van der Waals surface area contributed by atoms with Crippen LogP contribution in [0.2, 0.25) is 0 Å². The largest absolute Gasteiger partial charge is 0.465 e. The predicted molar refractivity (Wildman–Crippen MR) is 110 cm³/mol. The Balaban J connectivity index is 1.82. The van der Waals surface area contributed by atoms with Crippen LogP contribution in [-0.4, -0.2) is 32.2 Å². The molecule has 0 radical (unpaired) electrons. The van der Waals surface area contributed by atoms with Crippen molar-refractivity contribution in [3.8, 4) is 0 Å². The lowest BCUT2D eigenvalue weighted by atomic mass is 10.1. The summed E-state index contributed by atoms with van der Waals surface area (Å²) in [7, 11) is 1.32. The molecule has 1 aromatic carbocycles. The average molecular weight is 402 g/mol. The van der Waals surface area contributed by atoms with Gasteiger partial charge in [-0.05, 0) is 41.5 Å². The summed E-state index contributed by atoms with van der Waals surface area (Å²) in [6, 6.07) is 13.7. The molecule has 0 bridgehead atoms. The first kappa shape index (κ1) is 19.3. The molecule has 0 aliphatic heterocycles. The number of benzene rings is 1. The van der Waals surface area contributed by atoms with E-state index in [4.69, 9.17) is 4.74 Å². The minimum atomic E-state index is -0.447. The van der Waals surface area contributed by atoms with Gasteiger partial charge in [-0.15, -0.1) is 0 Å². The number of nitrogens with zero attached hydrogens (tertiary/aromatic N) is 4. The first-order chi connectivity index (χ1) is 14.6. The number of fused-ring (bicyclic) bond motifs is 1. The molecule has 0 aliphatic carbocycles. The van der Waals surface area contributed by atoms with Crippen molar-refractivity contribution in [1.82, 2.24) is 19.1 Å². The van der Waals surface area contributed by atoms with E-state index >= 15 is 0 Å². The van der Waals surface area contributed by atoms with E-state index in [-0.39, 0.29) is 18.6 Å². The van der Waals surface area contributed by atoms with Crippen LogP contribution in [0.15, 0.2) is 76.7 Å². The second-order valence-corrected chi connectivity index (χ2v) is 6.68. The van der Waals surface area contributed by atoms with Gasteiger partial charge in [0, 0.05) is 18.6 Å². The van der Waals surface area contributed by atoms with Crippen LogP contribution in [0.4, 0.5) is 0 Å². The summed E-state index contributed by atoms with van der Waals surface area (Å²) in [6.45, 7) is 0.315. The van der Waals surface area contributed by atoms with Crippen molar-refractivity contribution in [2.75, 3.05) is 7.11 Å². The van der Waals surface area contributed by atoms with Crippen molar-refractivity contribution in [2.24, 2.45) is 0 Å². The molecule has 3 heterocycles. The number of pyridine rings is 2. The molecular formula is C22H18N4O4. The first-order valence-electron chi connectivity index (χ1n) is 9.23. The molecule has 0 unspecified atom stereocenters. The molecule has 0 saturated heterocycles. The smallest absolute Gasteiger partial charge is 0.337 e. The monoisotopic (exact) mass is 402 g/mol. The highest BCUT2D eigenvalue weighted by Gasteiger charge is 2.15. The minimum absolute atomic E-state index is 0.0965. The third-order valence-corrected chi connectivity index (χ3v) is 4.77. The Morgan fingerprint density at radius 1 is 0.933 bits per heavy atom. The lowest BCUT2D eigenvalue weighted by Crippen LogP contribution is -2.40. The quantitative estimate of drug-likeness (QED) is 0.473. The molecule has 0 N–H and O–H groups in total. The highest BCUT2D eigenvalue weighted by molar-refractivity contribution is 5.89. The van der Waals surface area contributed by atoms with Crippen LogP contribution in [0.5, 0.6) is 0 Å². The van der Waals surface area contributed by atoms with E-state index in [1.807, 2.05) is 0 Å². The van der Waals surface area contributed by atoms with Gasteiger partial charge in [0.2, 0.25) is 0 Å². The van der Waals surface area contributed by atoms with Gasteiger partial charge in [-0.1, -0.05) is 18.2 Å². The molecule has 30 heavy (non-hydrogen) atoms. The lowest BCUT2D eigenvalue weighted by Gasteiger charge is -2.14. The third-order valence-electron chi connectivity index (χ3n) is 4.77. The fraction of sp³-hybridized carbons (Fsp3) is 0.136. The fourth-order valence-electron chi connectivity index (χ4n) is 3.26. The van der Waals surface area contributed by atoms with E-state index in [1.54, 1.807) is 60.9 Å². The van der Waals surface area contributed by atoms with Gasteiger partial charge in [-0.3, -0.25) is 18.9 Å². The number of carbonyl (C=O) groups is 1. The molecule has 0 spiro atoms. The summed E-state index contributed by atoms with van der Waals surface area (Å²) >= 11 is 0. The van der Waals surface area contributed by atoms with Crippen LogP contribution in [0.1, 0.15) is 21.5 Å². The van der Waals surface area contributed by atoms with Crippen LogP contribution in [0.25, 0.3) is 11.0 Å². The van der Waals surface area contributed by atoms with Gasteiger partial charge < -0.3 is 4.74 Å². The second kappa shape index (κ2) is 8.12. The second-order valence-electron chi connectivity index (χ2n) is 6.68. The van der Waals surface area contributed by atoms with E-state index in [2.05, 4.69) is 9.97 Å². The molecule has 4 aromatic rings. The van der Waals surface area contributed by atoms with Gasteiger partial charge in [0.15, 0.2) is 5.52 Å². The maximum atomic E-state index is 13.2. The highest BCUT2D eigenvalue weighted by atomic mass is 16.5. The third kappa shape index (κ3) is 3.62. The molecule has 0 saturated carbocycles. The Bertz CT molecular complexity index is 1330. The highest BCUT2D eigenvalue weighted by Crippen LogP contribution is 2.11. The predicted octanol–water partition coefficient (Wildman–Crippen LogP) is 1.84. The van der Waals surface area contributed by atoms with Gasteiger partial charge in [0.05, 0.1) is 31.3 Å². The van der Waals surface area contributed by atoms with Gasteiger partial charge in [-0.25, -0.2) is 14.6 Å². The topological polar surface area (TPSA) is 96.1 Å². The number of ether oxygens (including phenoxy) is 1. The molecular weight excluding hydrogens is 384 g/mol. The Hall–Kier alpha value is -4.07.